The van der Waals surface area contributed by atoms with Crippen molar-refractivity contribution >= 4 is 11.9 Å². The summed E-state index contributed by atoms with van der Waals surface area (Å²) < 4.78 is 0. The Morgan fingerprint density at radius 2 is 1.72 bits per heavy atom. The van der Waals surface area contributed by atoms with E-state index in [2.05, 4.69) is 5.32 Å². The van der Waals surface area contributed by atoms with Gasteiger partial charge >= 0.3 is 5.97 Å². The number of hydrogen-bond acceptors (Lipinski definition) is 3. The number of carbonyl (C=O) groups is 2. The number of carboxylic acids is 1. The fourth-order valence-electron chi connectivity index (χ4n) is 1.87. The molecule has 0 aromatic rings. The van der Waals surface area contributed by atoms with Crippen LogP contribution in [0, 0.1) is 0 Å². The third-order valence-corrected chi connectivity index (χ3v) is 2.71. The van der Waals surface area contributed by atoms with E-state index < -0.39 is 5.97 Å². The standard InChI is InChI=1S/C13H26N2O3/c1-9(2)14-12(18)10(3)15(13(4,5)6)8-7-11(16)17/h9-10H,7-8H2,1-6H3,(H,14,18)(H,16,17). The molecule has 5 heteroatoms. The zero-order valence-electron chi connectivity index (χ0n) is 12.3. The number of rotatable bonds is 6. The predicted octanol–water partition coefficient (Wildman–Crippen LogP) is 1.47. The normalized spacial score (nSPS) is 13.8. The summed E-state index contributed by atoms with van der Waals surface area (Å²) >= 11 is 0. The largest absolute Gasteiger partial charge is 0.481 e. The molecule has 0 radical (unpaired) electrons. The Hall–Kier alpha value is -1.10. The molecule has 0 aromatic carbocycles. The van der Waals surface area contributed by atoms with Crippen LogP contribution in [0.25, 0.3) is 0 Å². The Kier molecular flexibility index (Phi) is 6.32. The van der Waals surface area contributed by atoms with Crippen molar-refractivity contribution < 1.29 is 14.7 Å². The summed E-state index contributed by atoms with van der Waals surface area (Å²) in [5.41, 5.74) is -0.247. The van der Waals surface area contributed by atoms with E-state index in [0.29, 0.717) is 6.54 Å². The molecule has 1 unspecified atom stereocenters. The molecule has 0 heterocycles. The molecule has 0 rings (SSSR count). The van der Waals surface area contributed by atoms with E-state index >= 15 is 0 Å². The minimum absolute atomic E-state index is 0.0383. The molecule has 0 fully saturated rings. The number of nitrogens with zero attached hydrogens (tertiary/aromatic N) is 1. The Bertz CT molecular complexity index is 295. The zero-order valence-corrected chi connectivity index (χ0v) is 12.3. The number of nitrogens with one attached hydrogen (secondary N) is 1. The van der Waals surface area contributed by atoms with Gasteiger partial charge in [0.15, 0.2) is 0 Å². The highest BCUT2D eigenvalue weighted by atomic mass is 16.4. The highest BCUT2D eigenvalue weighted by Gasteiger charge is 2.30. The lowest BCUT2D eigenvalue weighted by Gasteiger charge is -2.39. The smallest absolute Gasteiger partial charge is 0.304 e. The molecule has 0 aliphatic rings. The Morgan fingerprint density at radius 3 is 2.06 bits per heavy atom. The van der Waals surface area contributed by atoms with Crippen LogP contribution in [0.5, 0.6) is 0 Å². The lowest BCUT2D eigenvalue weighted by Crippen LogP contribution is -2.54. The zero-order chi connectivity index (χ0) is 14.5. The van der Waals surface area contributed by atoms with Gasteiger partial charge in [0.2, 0.25) is 5.91 Å². The van der Waals surface area contributed by atoms with Gasteiger partial charge in [-0.2, -0.15) is 0 Å². The molecule has 0 aromatic heterocycles. The molecule has 18 heavy (non-hydrogen) atoms. The van der Waals surface area contributed by atoms with Gasteiger partial charge in [0, 0.05) is 18.1 Å². The first kappa shape index (κ1) is 16.9. The molecule has 0 aliphatic heterocycles. The van der Waals surface area contributed by atoms with E-state index in [4.69, 9.17) is 5.11 Å². The summed E-state index contributed by atoms with van der Waals surface area (Å²) in [5, 5.41) is 11.6. The monoisotopic (exact) mass is 258 g/mol. The lowest BCUT2D eigenvalue weighted by atomic mass is 10.0. The van der Waals surface area contributed by atoms with Gasteiger partial charge in [-0.05, 0) is 41.5 Å². The Labute approximate surface area is 110 Å². The molecular weight excluding hydrogens is 232 g/mol. The molecule has 2 N–H and O–H groups in total. The molecule has 1 atom stereocenters. The van der Waals surface area contributed by atoms with Crippen LogP contribution in [0.1, 0.15) is 48.0 Å². The van der Waals surface area contributed by atoms with Crippen molar-refractivity contribution in [3.05, 3.63) is 0 Å². The molecular formula is C13H26N2O3. The second kappa shape index (κ2) is 6.73. The van der Waals surface area contributed by atoms with Crippen LogP contribution < -0.4 is 5.32 Å². The average molecular weight is 258 g/mol. The number of carbonyl (C=O) groups excluding carboxylic acids is 1. The number of aliphatic carboxylic acids is 1. The van der Waals surface area contributed by atoms with Crippen molar-refractivity contribution in [3.8, 4) is 0 Å². The fourth-order valence-corrected chi connectivity index (χ4v) is 1.87. The van der Waals surface area contributed by atoms with Gasteiger partial charge in [-0.25, -0.2) is 0 Å². The first-order valence-corrected chi connectivity index (χ1v) is 6.34. The van der Waals surface area contributed by atoms with Gasteiger partial charge in [-0.15, -0.1) is 0 Å². The summed E-state index contributed by atoms with van der Waals surface area (Å²) in [6.07, 6.45) is 0.0383. The van der Waals surface area contributed by atoms with Gasteiger partial charge in [-0.1, -0.05) is 0 Å². The molecule has 0 aliphatic carbocycles. The number of carboxylic acid groups (broad SMARTS) is 1. The average Bonchev–Trinajstić information content (AvgIpc) is 2.13. The lowest BCUT2D eigenvalue weighted by molar-refractivity contribution is -0.139. The molecule has 5 nitrogen and oxygen atoms in total. The summed E-state index contributed by atoms with van der Waals surface area (Å²) in [6, 6.07) is -0.256. The van der Waals surface area contributed by atoms with Crippen LogP contribution in [0.15, 0.2) is 0 Å². The van der Waals surface area contributed by atoms with E-state index in [1.165, 1.54) is 0 Å². The first-order chi connectivity index (χ1) is 8.05. The van der Waals surface area contributed by atoms with E-state index in [-0.39, 0.29) is 30.0 Å². The van der Waals surface area contributed by atoms with Crippen molar-refractivity contribution in [3.63, 3.8) is 0 Å². The second-order valence-electron chi connectivity index (χ2n) is 5.85. The van der Waals surface area contributed by atoms with Gasteiger partial charge in [-0.3, -0.25) is 14.5 Å². The van der Waals surface area contributed by atoms with Gasteiger partial charge in [0.05, 0.1) is 12.5 Å². The van der Waals surface area contributed by atoms with Crippen LogP contribution in [0.4, 0.5) is 0 Å². The number of amides is 1. The third kappa shape index (κ3) is 6.00. The highest BCUT2D eigenvalue weighted by Crippen LogP contribution is 2.17. The van der Waals surface area contributed by atoms with Crippen LogP contribution in [-0.2, 0) is 9.59 Å². The highest BCUT2D eigenvalue weighted by molar-refractivity contribution is 5.81. The summed E-state index contributed by atoms with van der Waals surface area (Å²) in [4.78, 5) is 24.6. The van der Waals surface area contributed by atoms with Crippen LogP contribution in [0.3, 0.4) is 0 Å². The van der Waals surface area contributed by atoms with Crippen molar-refractivity contribution in [1.82, 2.24) is 10.2 Å². The second-order valence-corrected chi connectivity index (χ2v) is 5.85. The Balaban J connectivity index is 4.74. The number of hydrogen-bond donors (Lipinski definition) is 2. The molecule has 0 spiro atoms. The van der Waals surface area contributed by atoms with Gasteiger partial charge in [0.1, 0.15) is 0 Å². The first-order valence-electron chi connectivity index (χ1n) is 6.34. The Morgan fingerprint density at radius 1 is 1.22 bits per heavy atom. The quantitative estimate of drug-likeness (QED) is 0.757. The maximum absolute atomic E-state index is 12.0. The van der Waals surface area contributed by atoms with Crippen molar-refractivity contribution in [2.24, 2.45) is 0 Å². The van der Waals surface area contributed by atoms with Gasteiger partial charge in [0.25, 0.3) is 0 Å². The minimum Gasteiger partial charge on any atom is -0.481 e. The summed E-state index contributed by atoms with van der Waals surface area (Å²) in [7, 11) is 0. The molecule has 0 bridgehead atoms. The molecule has 106 valence electrons. The van der Waals surface area contributed by atoms with Crippen LogP contribution in [-0.4, -0.2) is 46.1 Å². The fraction of sp³-hybridized carbons (Fsp3) is 0.846. The van der Waals surface area contributed by atoms with E-state index in [0.717, 1.165) is 0 Å². The van der Waals surface area contributed by atoms with Crippen molar-refractivity contribution in [2.45, 2.75) is 65.6 Å². The van der Waals surface area contributed by atoms with E-state index in [1.807, 2.05) is 46.4 Å². The summed E-state index contributed by atoms with van der Waals surface area (Å²) in [6.45, 7) is 11.9. The van der Waals surface area contributed by atoms with E-state index in [9.17, 15) is 9.59 Å². The molecule has 0 saturated carbocycles. The van der Waals surface area contributed by atoms with Crippen LogP contribution in [0.2, 0.25) is 0 Å². The topological polar surface area (TPSA) is 69.6 Å². The van der Waals surface area contributed by atoms with Gasteiger partial charge < -0.3 is 10.4 Å². The minimum atomic E-state index is -0.847. The summed E-state index contributed by atoms with van der Waals surface area (Å²) in [5.74, 6) is -0.911. The molecule has 1 amide bonds. The maximum atomic E-state index is 12.0. The predicted molar refractivity (Wildman–Crippen MR) is 71.5 cm³/mol. The maximum Gasteiger partial charge on any atom is 0.304 e. The molecule has 0 saturated heterocycles. The van der Waals surface area contributed by atoms with Crippen molar-refractivity contribution in [1.29, 1.82) is 0 Å². The van der Waals surface area contributed by atoms with E-state index in [1.54, 1.807) is 0 Å². The SMILES string of the molecule is CC(C)NC(=O)C(C)N(CCC(=O)O)C(C)(C)C. The third-order valence-electron chi connectivity index (χ3n) is 2.71. The van der Waals surface area contributed by atoms with Crippen LogP contribution >= 0.6 is 0 Å². The van der Waals surface area contributed by atoms with Crippen molar-refractivity contribution in [2.75, 3.05) is 6.54 Å².